The summed E-state index contributed by atoms with van der Waals surface area (Å²) in [4.78, 5) is 1.77. The van der Waals surface area contributed by atoms with E-state index in [4.69, 9.17) is 12.2 Å². The summed E-state index contributed by atoms with van der Waals surface area (Å²) in [7, 11) is 0. The van der Waals surface area contributed by atoms with Crippen LogP contribution in [0.1, 0.15) is 31.2 Å². The number of piperidine rings is 1. The summed E-state index contributed by atoms with van der Waals surface area (Å²) < 4.78 is 0. The summed E-state index contributed by atoms with van der Waals surface area (Å²) >= 11 is 5.29. The van der Waals surface area contributed by atoms with Gasteiger partial charge in [-0.3, -0.25) is 0 Å². The molecule has 0 aromatic heterocycles. The minimum absolute atomic E-state index is 0.766. The first-order valence-corrected chi connectivity index (χ1v) is 8.14. The van der Waals surface area contributed by atoms with Gasteiger partial charge in [0.25, 0.3) is 0 Å². The predicted molar refractivity (Wildman–Crippen MR) is 87.9 cm³/mol. The number of hydrogen-bond acceptors (Lipinski definition) is 1. The Labute approximate surface area is 127 Å². The highest BCUT2D eigenvalue weighted by atomic mass is 32.1. The number of quaternary nitrogens is 1. The number of nitrogens with one attached hydrogen (secondary N) is 3. The quantitative estimate of drug-likeness (QED) is 0.542. The molecule has 0 atom stereocenters. The first-order chi connectivity index (χ1) is 9.84. The number of likely N-dealkylation sites (tertiary alicyclic amines) is 1. The molecule has 1 aromatic carbocycles. The van der Waals surface area contributed by atoms with Crippen LogP contribution in [0.5, 0.6) is 0 Å². The first-order valence-electron chi connectivity index (χ1n) is 7.74. The molecule has 0 aliphatic carbocycles. The van der Waals surface area contributed by atoms with Gasteiger partial charge in [-0.2, -0.15) is 0 Å². The third-order valence-electron chi connectivity index (χ3n) is 3.85. The van der Waals surface area contributed by atoms with Crippen molar-refractivity contribution in [1.29, 1.82) is 0 Å². The molecular formula is C16H26N3S+. The van der Waals surface area contributed by atoms with Crippen molar-refractivity contribution < 1.29 is 4.90 Å². The SMILES string of the molecule is S=C(NCCC[NH+]1CCCCC1)NCc1ccccc1. The zero-order chi connectivity index (χ0) is 14.0. The fourth-order valence-corrected chi connectivity index (χ4v) is 2.86. The lowest BCUT2D eigenvalue weighted by Gasteiger charge is -2.23. The number of benzene rings is 1. The number of thiocarbonyl (C=S) groups is 1. The largest absolute Gasteiger partial charge is 0.363 e. The zero-order valence-electron chi connectivity index (χ0n) is 12.2. The van der Waals surface area contributed by atoms with Crippen LogP contribution in [-0.2, 0) is 6.54 Å². The van der Waals surface area contributed by atoms with Gasteiger partial charge in [0.1, 0.15) is 0 Å². The summed E-state index contributed by atoms with van der Waals surface area (Å²) in [6.45, 7) is 5.76. The molecule has 0 spiro atoms. The van der Waals surface area contributed by atoms with E-state index < -0.39 is 0 Å². The van der Waals surface area contributed by atoms with E-state index in [1.54, 1.807) is 4.90 Å². The smallest absolute Gasteiger partial charge is 0.166 e. The Bertz CT molecular complexity index is 388. The molecule has 1 aliphatic heterocycles. The van der Waals surface area contributed by atoms with Crippen molar-refractivity contribution in [3.8, 4) is 0 Å². The highest BCUT2D eigenvalue weighted by molar-refractivity contribution is 7.80. The van der Waals surface area contributed by atoms with Crippen LogP contribution in [0.15, 0.2) is 30.3 Å². The van der Waals surface area contributed by atoms with Crippen LogP contribution in [0, 0.1) is 0 Å². The normalized spacial score (nSPS) is 15.8. The molecule has 1 fully saturated rings. The molecular weight excluding hydrogens is 266 g/mol. The first kappa shape index (κ1) is 15.3. The summed E-state index contributed by atoms with van der Waals surface area (Å²) in [6.07, 6.45) is 5.43. The second-order valence-electron chi connectivity index (χ2n) is 5.51. The Hall–Kier alpha value is -1.13. The Balaban J connectivity index is 1.51. The minimum atomic E-state index is 0.766. The molecule has 0 radical (unpaired) electrons. The lowest BCUT2D eigenvalue weighted by Crippen LogP contribution is -3.12. The number of hydrogen-bond donors (Lipinski definition) is 3. The van der Waals surface area contributed by atoms with Crippen LogP contribution in [-0.4, -0.2) is 31.3 Å². The maximum Gasteiger partial charge on any atom is 0.166 e. The van der Waals surface area contributed by atoms with Gasteiger partial charge >= 0.3 is 0 Å². The van der Waals surface area contributed by atoms with E-state index >= 15 is 0 Å². The van der Waals surface area contributed by atoms with Crippen molar-refractivity contribution in [3.05, 3.63) is 35.9 Å². The Morgan fingerprint density at radius 2 is 1.80 bits per heavy atom. The lowest BCUT2D eigenvalue weighted by molar-refractivity contribution is -0.904. The molecule has 1 heterocycles. The fraction of sp³-hybridized carbons (Fsp3) is 0.562. The summed E-state index contributed by atoms with van der Waals surface area (Å²) in [5.74, 6) is 0. The third-order valence-corrected chi connectivity index (χ3v) is 4.14. The van der Waals surface area contributed by atoms with E-state index in [2.05, 4.69) is 34.9 Å². The van der Waals surface area contributed by atoms with Crippen molar-refractivity contribution >= 4 is 17.3 Å². The molecule has 4 heteroatoms. The Morgan fingerprint density at radius 1 is 1.05 bits per heavy atom. The molecule has 0 amide bonds. The molecule has 1 saturated heterocycles. The van der Waals surface area contributed by atoms with Crippen LogP contribution in [0.3, 0.4) is 0 Å². The number of rotatable bonds is 6. The van der Waals surface area contributed by atoms with Gasteiger partial charge in [0, 0.05) is 19.5 Å². The van der Waals surface area contributed by atoms with Gasteiger partial charge in [-0.05, 0) is 37.0 Å². The molecule has 0 bridgehead atoms. The molecule has 2 rings (SSSR count). The van der Waals surface area contributed by atoms with Crippen LogP contribution in [0.2, 0.25) is 0 Å². The average molecular weight is 292 g/mol. The maximum atomic E-state index is 5.29. The van der Waals surface area contributed by atoms with Crippen LogP contribution >= 0.6 is 12.2 Å². The highest BCUT2D eigenvalue weighted by Gasteiger charge is 2.12. The van der Waals surface area contributed by atoms with Gasteiger partial charge in [-0.1, -0.05) is 30.3 Å². The summed E-state index contributed by atoms with van der Waals surface area (Å²) in [5, 5.41) is 7.32. The van der Waals surface area contributed by atoms with E-state index in [1.165, 1.54) is 50.9 Å². The summed E-state index contributed by atoms with van der Waals surface area (Å²) in [6, 6.07) is 10.3. The summed E-state index contributed by atoms with van der Waals surface area (Å²) in [5.41, 5.74) is 1.26. The van der Waals surface area contributed by atoms with Crippen molar-refractivity contribution in [3.63, 3.8) is 0 Å². The highest BCUT2D eigenvalue weighted by Crippen LogP contribution is 1.97. The van der Waals surface area contributed by atoms with Crippen molar-refractivity contribution in [1.82, 2.24) is 10.6 Å². The minimum Gasteiger partial charge on any atom is -0.363 e. The van der Waals surface area contributed by atoms with Crippen LogP contribution in [0.4, 0.5) is 0 Å². The van der Waals surface area contributed by atoms with Gasteiger partial charge in [0.2, 0.25) is 0 Å². The van der Waals surface area contributed by atoms with E-state index in [1.807, 2.05) is 6.07 Å². The van der Waals surface area contributed by atoms with Gasteiger partial charge in [0.05, 0.1) is 19.6 Å². The molecule has 3 nitrogen and oxygen atoms in total. The van der Waals surface area contributed by atoms with Crippen molar-refractivity contribution in [2.75, 3.05) is 26.2 Å². The maximum absolute atomic E-state index is 5.29. The third kappa shape index (κ3) is 5.88. The van der Waals surface area contributed by atoms with Crippen molar-refractivity contribution in [2.45, 2.75) is 32.2 Å². The van der Waals surface area contributed by atoms with Crippen molar-refractivity contribution in [2.24, 2.45) is 0 Å². The fourth-order valence-electron chi connectivity index (χ4n) is 2.68. The van der Waals surface area contributed by atoms with Crippen LogP contribution in [0.25, 0.3) is 0 Å². The van der Waals surface area contributed by atoms with E-state index in [0.717, 1.165) is 18.2 Å². The standard InChI is InChI=1S/C16H25N3S/c20-16(18-14-15-8-3-1-4-9-15)17-10-7-13-19-11-5-2-6-12-19/h1,3-4,8-9H,2,5-7,10-14H2,(H2,17,18,20)/p+1. The van der Waals surface area contributed by atoms with Gasteiger partial charge in [-0.25, -0.2) is 0 Å². The van der Waals surface area contributed by atoms with E-state index in [0.29, 0.717) is 0 Å². The average Bonchev–Trinajstić information content (AvgIpc) is 2.52. The molecule has 0 saturated carbocycles. The van der Waals surface area contributed by atoms with Crippen LogP contribution < -0.4 is 15.5 Å². The Morgan fingerprint density at radius 3 is 2.55 bits per heavy atom. The van der Waals surface area contributed by atoms with Gasteiger partial charge in [-0.15, -0.1) is 0 Å². The monoisotopic (exact) mass is 292 g/mol. The van der Waals surface area contributed by atoms with E-state index in [9.17, 15) is 0 Å². The molecule has 110 valence electrons. The van der Waals surface area contributed by atoms with E-state index in [-0.39, 0.29) is 0 Å². The zero-order valence-corrected chi connectivity index (χ0v) is 13.0. The van der Waals surface area contributed by atoms with Gasteiger partial charge < -0.3 is 15.5 Å². The molecule has 3 N–H and O–H groups in total. The molecule has 1 aromatic rings. The van der Waals surface area contributed by atoms with Gasteiger partial charge in [0.15, 0.2) is 5.11 Å². The predicted octanol–water partition coefficient (Wildman–Crippen LogP) is 1.11. The molecule has 1 aliphatic rings. The topological polar surface area (TPSA) is 28.5 Å². The molecule has 20 heavy (non-hydrogen) atoms. The second kappa shape index (κ2) is 8.93. The lowest BCUT2D eigenvalue weighted by atomic mass is 10.1. The second-order valence-corrected chi connectivity index (χ2v) is 5.92. The Kier molecular flexibility index (Phi) is 6.81. The molecule has 0 unspecified atom stereocenters.